The maximum absolute atomic E-state index is 12.8. The number of ketones is 1. The van der Waals surface area contributed by atoms with E-state index in [1.54, 1.807) is 24.3 Å². The highest BCUT2D eigenvalue weighted by Gasteiger charge is 2.16. The summed E-state index contributed by atoms with van der Waals surface area (Å²) in [5, 5.41) is 4.35. The zero-order chi connectivity index (χ0) is 19.4. The first-order chi connectivity index (χ1) is 13.0. The van der Waals surface area contributed by atoms with Crippen molar-refractivity contribution in [2.24, 2.45) is 0 Å². The molecule has 0 saturated heterocycles. The number of ether oxygens (including phenoxy) is 2. The van der Waals surface area contributed by atoms with Crippen LogP contribution in [0.2, 0.25) is 0 Å². The molecule has 0 fully saturated rings. The van der Waals surface area contributed by atoms with Gasteiger partial charge in [0.05, 0.1) is 25.5 Å². The number of halogens is 1. The first-order valence-corrected chi connectivity index (χ1v) is 8.91. The molecule has 2 aromatic carbocycles. The zero-order valence-electron chi connectivity index (χ0n) is 14.8. The molecule has 0 unspecified atom stereocenters. The number of carbonyl (C=O) groups is 1. The van der Waals surface area contributed by atoms with Gasteiger partial charge in [-0.1, -0.05) is 34.1 Å². The third-order valence-electron chi connectivity index (χ3n) is 4.02. The van der Waals surface area contributed by atoms with Gasteiger partial charge in [-0.25, -0.2) is 4.68 Å². The highest BCUT2D eigenvalue weighted by molar-refractivity contribution is 9.10. The largest absolute Gasteiger partial charge is 0.497 e. The quantitative estimate of drug-likeness (QED) is 0.561. The molecular formula is C20H17BrN2O4. The Morgan fingerprint density at radius 1 is 1.07 bits per heavy atom. The van der Waals surface area contributed by atoms with Crippen molar-refractivity contribution in [3.63, 3.8) is 0 Å². The highest BCUT2D eigenvalue weighted by Crippen LogP contribution is 2.26. The summed E-state index contributed by atoms with van der Waals surface area (Å²) in [5.41, 5.74) is 1.39. The fraction of sp³-hybridized carbons (Fsp3) is 0.150. The molecule has 0 aliphatic carbocycles. The van der Waals surface area contributed by atoms with E-state index in [0.29, 0.717) is 22.8 Å². The summed E-state index contributed by atoms with van der Waals surface area (Å²) in [5.74, 6) is 0.641. The molecule has 138 valence electrons. The SMILES string of the molecule is COc1ccc(OC)c(C(=O)Cn2nc(-c3ccccc3Br)ccc2=O)c1. The average Bonchev–Trinajstić information content (AvgIpc) is 2.69. The van der Waals surface area contributed by atoms with Crippen LogP contribution in [0.15, 0.2) is 63.9 Å². The van der Waals surface area contributed by atoms with Crippen LogP contribution in [0.3, 0.4) is 0 Å². The highest BCUT2D eigenvalue weighted by atomic mass is 79.9. The Bertz CT molecular complexity index is 1050. The van der Waals surface area contributed by atoms with Crippen molar-refractivity contribution < 1.29 is 14.3 Å². The Balaban J connectivity index is 1.97. The van der Waals surface area contributed by atoms with Crippen LogP contribution >= 0.6 is 15.9 Å². The second-order valence-corrected chi connectivity index (χ2v) is 6.54. The van der Waals surface area contributed by atoms with Gasteiger partial charge in [0.2, 0.25) is 0 Å². The van der Waals surface area contributed by atoms with Crippen molar-refractivity contribution in [3.05, 3.63) is 75.0 Å². The lowest BCUT2D eigenvalue weighted by molar-refractivity contribution is 0.0962. The summed E-state index contributed by atoms with van der Waals surface area (Å²) < 4.78 is 12.4. The van der Waals surface area contributed by atoms with E-state index in [2.05, 4.69) is 21.0 Å². The predicted octanol–water partition coefficient (Wildman–Crippen LogP) is 3.57. The van der Waals surface area contributed by atoms with Crippen LogP contribution in [0, 0.1) is 0 Å². The van der Waals surface area contributed by atoms with Gasteiger partial charge in [0.15, 0.2) is 5.78 Å². The first-order valence-electron chi connectivity index (χ1n) is 8.12. The van der Waals surface area contributed by atoms with Crippen LogP contribution in [0.5, 0.6) is 11.5 Å². The van der Waals surface area contributed by atoms with Gasteiger partial charge in [-0.3, -0.25) is 9.59 Å². The molecule has 0 bridgehead atoms. The van der Waals surface area contributed by atoms with Crippen molar-refractivity contribution in [2.45, 2.75) is 6.54 Å². The van der Waals surface area contributed by atoms with Crippen LogP contribution in [0.4, 0.5) is 0 Å². The van der Waals surface area contributed by atoms with Gasteiger partial charge >= 0.3 is 0 Å². The standard InChI is InChI=1S/C20H17BrN2O4/c1-26-13-7-9-19(27-2)15(11-13)18(24)12-23-20(25)10-8-17(22-23)14-5-3-4-6-16(14)21/h3-11H,12H2,1-2H3. The summed E-state index contributed by atoms with van der Waals surface area (Å²) in [7, 11) is 3.00. The van der Waals surface area contributed by atoms with Gasteiger partial charge in [-0.2, -0.15) is 5.10 Å². The monoisotopic (exact) mass is 428 g/mol. The van der Waals surface area contributed by atoms with Crippen molar-refractivity contribution in [1.82, 2.24) is 9.78 Å². The molecule has 0 amide bonds. The third-order valence-corrected chi connectivity index (χ3v) is 4.71. The van der Waals surface area contributed by atoms with Crippen LogP contribution in [0.1, 0.15) is 10.4 Å². The van der Waals surface area contributed by atoms with Gasteiger partial charge in [0.1, 0.15) is 18.0 Å². The molecule has 27 heavy (non-hydrogen) atoms. The zero-order valence-corrected chi connectivity index (χ0v) is 16.4. The Kier molecular flexibility index (Phi) is 5.71. The number of nitrogens with zero attached hydrogens (tertiary/aromatic N) is 2. The first kappa shape index (κ1) is 18.8. The maximum Gasteiger partial charge on any atom is 0.267 e. The molecule has 0 radical (unpaired) electrons. The topological polar surface area (TPSA) is 70.4 Å². The number of rotatable bonds is 6. The van der Waals surface area contributed by atoms with Crippen LogP contribution in [-0.2, 0) is 6.54 Å². The number of aromatic nitrogens is 2. The minimum atomic E-state index is -0.360. The fourth-order valence-corrected chi connectivity index (χ4v) is 3.12. The van der Waals surface area contributed by atoms with E-state index in [4.69, 9.17) is 9.47 Å². The molecule has 1 heterocycles. The molecule has 0 saturated carbocycles. The number of carbonyl (C=O) groups excluding carboxylic acids is 1. The van der Waals surface area contributed by atoms with Crippen molar-refractivity contribution in [1.29, 1.82) is 0 Å². The number of hydrogen-bond acceptors (Lipinski definition) is 5. The van der Waals surface area contributed by atoms with Crippen molar-refractivity contribution in [2.75, 3.05) is 14.2 Å². The summed E-state index contributed by atoms with van der Waals surface area (Å²) >= 11 is 3.47. The summed E-state index contributed by atoms with van der Waals surface area (Å²) in [6, 6.07) is 15.5. The third kappa shape index (κ3) is 4.09. The lowest BCUT2D eigenvalue weighted by atomic mass is 10.1. The van der Waals surface area contributed by atoms with E-state index < -0.39 is 0 Å². The van der Waals surface area contributed by atoms with Gasteiger partial charge in [0.25, 0.3) is 5.56 Å². The molecule has 7 heteroatoms. The molecule has 0 aliphatic heterocycles. The van der Waals surface area contributed by atoms with Gasteiger partial charge in [0, 0.05) is 16.1 Å². The van der Waals surface area contributed by atoms with Crippen LogP contribution < -0.4 is 15.0 Å². The van der Waals surface area contributed by atoms with E-state index in [1.807, 2.05) is 24.3 Å². The number of Topliss-reactive ketones (excluding diaryl/α,β-unsaturated/α-hetero) is 1. The Labute approximate surface area is 164 Å². The number of benzene rings is 2. The van der Waals surface area contributed by atoms with E-state index in [-0.39, 0.29) is 17.9 Å². The second kappa shape index (κ2) is 8.18. The summed E-state index contributed by atoms with van der Waals surface area (Å²) in [6.45, 7) is -0.208. The molecule has 0 spiro atoms. The van der Waals surface area contributed by atoms with Crippen LogP contribution in [0.25, 0.3) is 11.3 Å². The molecular weight excluding hydrogens is 412 g/mol. The normalized spacial score (nSPS) is 10.5. The molecule has 3 rings (SSSR count). The minimum absolute atomic E-state index is 0.208. The minimum Gasteiger partial charge on any atom is -0.497 e. The van der Waals surface area contributed by atoms with Gasteiger partial charge < -0.3 is 9.47 Å². The molecule has 0 aliphatic rings. The molecule has 0 atom stereocenters. The average molecular weight is 429 g/mol. The number of hydrogen-bond donors (Lipinski definition) is 0. The fourth-order valence-electron chi connectivity index (χ4n) is 2.63. The van der Waals surface area contributed by atoms with Gasteiger partial charge in [-0.05, 0) is 30.3 Å². The van der Waals surface area contributed by atoms with E-state index in [0.717, 1.165) is 14.7 Å². The van der Waals surface area contributed by atoms with Crippen molar-refractivity contribution >= 4 is 21.7 Å². The Morgan fingerprint density at radius 3 is 2.56 bits per heavy atom. The lowest BCUT2D eigenvalue weighted by Crippen LogP contribution is -2.26. The smallest absolute Gasteiger partial charge is 0.267 e. The maximum atomic E-state index is 12.8. The molecule has 0 N–H and O–H groups in total. The van der Waals surface area contributed by atoms with Crippen molar-refractivity contribution in [3.8, 4) is 22.8 Å². The van der Waals surface area contributed by atoms with E-state index in [9.17, 15) is 9.59 Å². The predicted molar refractivity (Wildman–Crippen MR) is 106 cm³/mol. The van der Waals surface area contributed by atoms with Gasteiger partial charge in [-0.15, -0.1) is 0 Å². The second-order valence-electron chi connectivity index (χ2n) is 5.68. The molecule has 1 aromatic heterocycles. The Hall–Kier alpha value is -2.93. The number of methoxy groups -OCH3 is 2. The van der Waals surface area contributed by atoms with E-state index >= 15 is 0 Å². The summed E-state index contributed by atoms with van der Waals surface area (Å²) in [4.78, 5) is 25.0. The molecule has 3 aromatic rings. The Morgan fingerprint density at radius 2 is 1.85 bits per heavy atom. The lowest BCUT2D eigenvalue weighted by Gasteiger charge is -2.11. The molecule has 6 nitrogen and oxygen atoms in total. The van der Waals surface area contributed by atoms with Crippen LogP contribution in [-0.4, -0.2) is 29.8 Å². The summed E-state index contributed by atoms with van der Waals surface area (Å²) in [6.07, 6.45) is 0. The van der Waals surface area contributed by atoms with E-state index in [1.165, 1.54) is 20.3 Å².